The van der Waals surface area contributed by atoms with E-state index < -0.39 is 17.7 Å². The summed E-state index contributed by atoms with van der Waals surface area (Å²) in [6.45, 7) is 4.08. The molecule has 0 aliphatic carbocycles. The molecule has 4 aromatic rings. The minimum Gasteiger partial charge on any atom is -0.507 e. The Morgan fingerprint density at radius 3 is 2.68 bits per heavy atom. The summed E-state index contributed by atoms with van der Waals surface area (Å²) in [7, 11) is 1.59. The molecule has 1 aliphatic rings. The van der Waals surface area contributed by atoms with Crippen molar-refractivity contribution < 1.29 is 24.2 Å². The third-order valence-electron chi connectivity index (χ3n) is 6.02. The third kappa shape index (κ3) is 4.30. The van der Waals surface area contributed by atoms with Crippen LogP contribution in [-0.4, -0.2) is 40.5 Å². The quantitative estimate of drug-likeness (QED) is 0.192. The molecule has 8 nitrogen and oxygen atoms in total. The highest BCUT2D eigenvalue weighted by molar-refractivity contribution is 7.22. The van der Waals surface area contributed by atoms with Crippen LogP contribution in [0.1, 0.15) is 29.8 Å². The highest BCUT2D eigenvalue weighted by Gasteiger charge is 2.49. The van der Waals surface area contributed by atoms with E-state index in [-0.39, 0.29) is 16.9 Å². The zero-order chi connectivity index (χ0) is 26.3. The molecule has 1 atom stereocenters. The first-order valence-corrected chi connectivity index (χ1v) is 12.6. The molecular weight excluding hydrogens is 514 g/mol. The molecule has 37 heavy (non-hydrogen) atoms. The molecule has 0 bridgehead atoms. The first kappa shape index (κ1) is 24.7. The van der Waals surface area contributed by atoms with Gasteiger partial charge in [0.2, 0.25) is 0 Å². The lowest BCUT2D eigenvalue weighted by Gasteiger charge is -2.22. The van der Waals surface area contributed by atoms with Gasteiger partial charge < -0.3 is 14.6 Å². The van der Waals surface area contributed by atoms with E-state index in [1.807, 2.05) is 26.0 Å². The van der Waals surface area contributed by atoms with Gasteiger partial charge in [-0.15, -0.1) is 0 Å². The van der Waals surface area contributed by atoms with Gasteiger partial charge >= 0.3 is 5.91 Å². The summed E-state index contributed by atoms with van der Waals surface area (Å²) in [5, 5.41) is 12.0. The van der Waals surface area contributed by atoms with Crippen molar-refractivity contribution in [3.63, 3.8) is 0 Å². The number of anilines is 1. The standard InChI is InChI=1S/C27H22ClN3O5S/c1-4-36-20-12-15(8-9-16(20)28)24(32)22-23(17-7-5-6-10-29-17)31(26(34)25(22)33)27-30-18-11-14(2)19(35-3)13-21(18)37-27/h5-13,23,32H,4H2,1-3H3/b24-22+. The normalized spacial score (nSPS) is 17.0. The number of nitrogens with zero attached hydrogens (tertiary/aromatic N) is 3. The van der Waals surface area contributed by atoms with Crippen molar-refractivity contribution in [2.75, 3.05) is 18.6 Å². The number of thiazole rings is 1. The number of methoxy groups -OCH3 is 1. The number of benzene rings is 2. The van der Waals surface area contributed by atoms with E-state index in [4.69, 9.17) is 21.1 Å². The summed E-state index contributed by atoms with van der Waals surface area (Å²) in [6, 6.07) is 12.6. The van der Waals surface area contributed by atoms with E-state index in [9.17, 15) is 14.7 Å². The van der Waals surface area contributed by atoms with Gasteiger partial charge in [-0.3, -0.25) is 19.5 Å². The number of aryl methyl sites for hydroxylation is 1. The van der Waals surface area contributed by atoms with Crippen molar-refractivity contribution in [2.24, 2.45) is 0 Å². The van der Waals surface area contributed by atoms with Crippen molar-refractivity contribution >= 4 is 55.7 Å². The zero-order valence-electron chi connectivity index (χ0n) is 20.2. The van der Waals surface area contributed by atoms with Crippen LogP contribution in [0.3, 0.4) is 0 Å². The molecule has 1 unspecified atom stereocenters. The van der Waals surface area contributed by atoms with Crippen LogP contribution in [0.5, 0.6) is 11.5 Å². The van der Waals surface area contributed by atoms with Gasteiger partial charge in [-0.1, -0.05) is 29.0 Å². The number of aliphatic hydroxyl groups is 1. The summed E-state index contributed by atoms with van der Waals surface area (Å²) in [5.74, 6) is -0.952. The molecule has 188 valence electrons. The maximum Gasteiger partial charge on any atom is 0.301 e. The monoisotopic (exact) mass is 535 g/mol. The number of aliphatic hydroxyl groups excluding tert-OH is 1. The molecule has 2 aromatic heterocycles. The molecule has 1 fully saturated rings. The van der Waals surface area contributed by atoms with Crippen molar-refractivity contribution in [3.05, 3.63) is 82.1 Å². The molecule has 1 aliphatic heterocycles. The Bertz CT molecular complexity index is 1570. The van der Waals surface area contributed by atoms with E-state index in [0.29, 0.717) is 39.5 Å². The lowest BCUT2D eigenvalue weighted by atomic mass is 9.98. The van der Waals surface area contributed by atoms with Crippen LogP contribution >= 0.6 is 22.9 Å². The van der Waals surface area contributed by atoms with Crippen LogP contribution in [0.25, 0.3) is 16.0 Å². The van der Waals surface area contributed by atoms with Gasteiger partial charge in [-0.2, -0.15) is 0 Å². The molecule has 1 N–H and O–H groups in total. The smallest absolute Gasteiger partial charge is 0.301 e. The average molecular weight is 536 g/mol. The molecular formula is C27H22ClN3O5S. The fraction of sp³-hybridized carbons (Fsp3) is 0.185. The van der Waals surface area contributed by atoms with E-state index in [1.54, 1.807) is 43.6 Å². The number of ketones is 1. The predicted octanol–water partition coefficient (Wildman–Crippen LogP) is 5.69. The van der Waals surface area contributed by atoms with Crippen molar-refractivity contribution in [1.29, 1.82) is 0 Å². The van der Waals surface area contributed by atoms with Crippen LogP contribution in [0.4, 0.5) is 5.13 Å². The largest absolute Gasteiger partial charge is 0.507 e. The van der Waals surface area contributed by atoms with Gasteiger partial charge in [0.1, 0.15) is 23.3 Å². The van der Waals surface area contributed by atoms with Crippen molar-refractivity contribution in [1.82, 2.24) is 9.97 Å². The molecule has 5 rings (SSSR count). The summed E-state index contributed by atoms with van der Waals surface area (Å²) < 4.78 is 11.8. The number of Topliss-reactive ketones (excluding diaryl/α,β-unsaturated/α-hetero) is 1. The maximum atomic E-state index is 13.4. The first-order valence-electron chi connectivity index (χ1n) is 11.4. The van der Waals surface area contributed by atoms with Gasteiger partial charge in [0.15, 0.2) is 5.13 Å². The Kier molecular flexibility index (Phi) is 6.57. The number of hydrogen-bond donors (Lipinski definition) is 1. The summed E-state index contributed by atoms with van der Waals surface area (Å²) in [4.78, 5) is 37.2. The minimum atomic E-state index is -0.990. The van der Waals surface area contributed by atoms with Gasteiger partial charge in [-0.05, 0) is 61.9 Å². The van der Waals surface area contributed by atoms with E-state index >= 15 is 0 Å². The van der Waals surface area contributed by atoms with Crippen molar-refractivity contribution in [3.8, 4) is 11.5 Å². The first-order chi connectivity index (χ1) is 17.8. The summed E-state index contributed by atoms with van der Waals surface area (Å²) >= 11 is 7.46. The number of amides is 1. The van der Waals surface area contributed by atoms with Crippen LogP contribution in [-0.2, 0) is 9.59 Å². The summed E-state index contributed by atoms with van der Waals surface area (Å²) in [5.41, 5.74) is 2.16. The Labute approximate surface area is 221 Å². The van der Waals surface area contributed by atoms with Crippen LogP contribution in [0.15, 0.2) is 60.3 Å². The molecule has 0 saturated carbocycles. The highest BCUT2D eigenvalue weighted by atomic mass is 35.5. The molecule has 3 heterocycles. The topological polar surface area (TPSA) is 102 Å². The number of fused-ring (bicyclic) bond motifs is 1. The van der Waals surface area contributed by atoms with Gasteiger partial charge in [0.05, 0.1) is 40.2 Å². The summed E-state index contributed by atoms with van der Waals surface area (Å²) in [6.07, 6.45) is 1.57. The van der Waals surface area contributed by atoms with Gasteiger partial charge in [0, 0.05) is 11.8 Å². The molecule has 0 spiro atoms. The number of rotatable bonds is 6. The maximum absolute atomic E-state index is 13.4. The van der Waals surface area contributed by atoms with Crippen LogP contribution < -0.4 is 14.4 Å². The minimum absolute atomic E-state index is 0.0958. The predicted molar refractivity (Wildman–Crippen MR) is 143 cm³/mol. The lowest BCUT2D eigenvalue weighted by Crippen LogP contribution is -2.29. The second-order valence-corrected chi connectivity index (χ2v) is 9.70. The SMILES string of the molecule is CCOc1cc(/C(O)=C2\C(=O)C(=O)N(c3nc4cc(C)c(OC)cc4s3)C2c2ccccn2)ccc1Cl. The van der Waals surface area contributed by atoms with Crippen LogP contribution in [0, 0.1) is 6.92 Å². The number of halogens is 1. The number of hydrogen-bond acceptors (Lipinski definition) is 8. The molecule has 0 radical (unpaired) electrons. The number of aromatic nitrogens is 2. The Hall–Kier alpha value is -3.95. The van der Waals surface area contributed by atoms with Gasteiger partial charge in [-0.25, -0.2) is 4.98 Å². The molecule has 1 saturated heterocycles. The van der Waals surface area contributed by atoms with Gasteiger partial charge in [0.25, 0.3) is 5.78 Å². The second-order valence-electron chi connectivity index (χ2n) is 8.29. The number of carbonyl (C=O) groups excluding carboxylic acids is 2. The van der Waals surface area contributed by atoms with E-state index in [0.717, 1.165) is 10.3 Å². The van der Waals surface area contributed by atoms with Crippen molar-refractivity contribution in [2.45, 2.75) is 19.9 Å². The molecule has 1 amide bonds. The van der Waals surface area contributed by atoms with Crippen LogP contribution in [0.2, 0.25) is 5.02 Å². The second kappa shape index (κ2) is 9.84. The fourth-order valence-electron chi connectivity index (χ4n) is 4.29. The van der Waals surface area contributed by atoms with E-state index in [2.05, 4.69) is 9.97 Å². The average Bonchev–Trinajstić information content (AvgIpc) is 3.42. The molecule has 10 heteroatoms. The number of ether oxygens (including phenoxy) is 2. The number of pyridine rings is 1. The molecule has 2 aromatic carbocycles. The van der Waals surface area contributed by atoms with E-state index in [1.165, 1.54) is 22.3 Å². The zero-order valence-corrected chi connectivity index (χ0v) is 21.8. The Morgan fingerprint density at radius 2 is 1.97 bits per heavy atom. The lowest BCUT2D eigenvalue weighted by molar-refractivity contribution is -0.132. The fourth-order valence-corrected chi connectivity index (χ4v) is 5.46. The highest BCUT2D eigenvalue weighted by Crippen LogP contribution is 2.44. The Morgan fingerprint density at radius 1 is 1.16 bits per heavy atom. The third-order valence-corrected chi connectivity index (χ3v) is 7.35. The Balaban J connectivity index is 1.70. The number of carbonyl (C=O) groups is 2.